The first-order valence-corrected chi connectivity index (χ1v) is 7.08. The maximum absolute atomic E-state index is 6.22. The fourth-order valence-electron chi connectivity index (χ4n) is 2.15. The molecule has 2 rings (SSSR count). The summed E-state index contributed by atoms with van der Waals surface area (Å²) in [5, 5.41) is 4.15. The van der Waals surface area contributed by atoms with Crippen molar-refractivity contribution in [1.82, 2.24) is 5.32 Å². The summed E-state index contributed by atoms with van der Waals surface area (Å²) in [6, 6.07) is 12.2. The van der Waals surface area contributed by atoms with Crippen LogP contribution < -0.4 is 10.1 Å². The minimum absolute atomic E-state index is 0.690. The smallest absolute Gasteiger partial charge is 0.124 e. The second kappa shape index (κ2) is 6.78. The average Bonchev–Trinajstić information content (AvgIpc) is 2.44. The molecule has 0 fully saturated rings. The Balaban J connectivity index is 2.01. The summed E-state index contributed by atoms with van der Waals surface area (Å²) < 4.78 is 5.34. The lowest BCUT2D eigenvalue weighted by Gasteiger charge is -2.12. The average molecular weight is 290 g/mol. The largest absolute Gasteiger partial charge is 0.496 e. The van der Waals surface area contributed by atoms with Crippen LogP contribution in [-0.2, 0) is 13.1 Å². The van der Waals surface area contributed by atoms with Gasteiger partial charge in [0.15, 0.2) is 0 Å². The molecule has 0 aliphatic carbocycles. The normalized spacial score (nSPS) is 10.6. The van der Waals surface area contributed by atoms with E-state index in [4.69, 9.17) is 16.3 Å². The molecule has 0 aliphatic heterocycles. The number of ether oxygens (including phenoxy) is 1. The van der Waals surface area contributed by atoms with E-state index in [0.717, 1.165) is 22.9 Å². The first-order valence-electron chi connectivity index (χ1n) is 6.70. The van der Waals surface area contributed by atoms with Crippen LogP contribution in [0.1, 0.15) is 22.3 Å². The third-order valence-corrected chi connectivity index (χ3v) is 3.85. The molecule has 2 aromatic rings. The number of hydrogen-bond acceptors (Lipinski definition) is 2. The molecule has 3 heteroatoms. The molecule has 0 amide bonds. The van der Waals surface area contributed by atoms with Crippen molar-refractivity contribution in [2.75, 3.05) is 7.11 Å². The van der Waals surface area contributed by atoms with Gasteiger partial charge in [0, 0.05) is 23.7 Å². The van der Waals surface area contributed by atoms with Gasteiger partial charge in [0.05, 0.1) is 7.11 Å². The van der Waals surface area contributed by atoms with E-state index in [1.54, 1.807) is 7.11 Å². The highest BCUT2D eigenvalue weighted by molar-refractivity contribution is 6.31. The highest BCUT2D eigenvalue weighted by atomic mass is 35.5. The molecule has 0 bridgehead atoms. The van der Waals surface area contributed by atoms with Crippen LogP contribution >= 0.6 is 11.6 Å². The first-order chi connectivity index (χ1) is 9.61. The lowest BCUT2D eigenvalue weighted by Crippen LogP contribution is -2.14. The number of halogens is 1. The maximum Gasteiger partial charge on any atom is 0.124 e. The van der Waals surface area contributed by atoms with E-state index in [0.29, 0.717) is 6.54 Å². The van der Waals surface area contributed by atoms with Crippen LogP contribution in [0.25, 0.3) is 0 Å². The fraction of sp³-hybridized carbons (Fsp3) is 0.294. The predicted molar refractivity (Wildman–Crippen MR) is 84.5 cm³/mol. The molecule has 0 saturated heterocycles. The highest BCUT2D eigenvalue weighted by Gasteiger charge is 2.07. The summed E-state index contributed by atoms with van der Waals surface area (Å²) in [7, 11) is 1.67. The molecule has 0 aliphatic rings. The van der Waals surface area contributed by atoms with Crippen LogP contribution in [0.2, 0.25) is 5.02 Å². The van der Waals surface area contributed by atoms with Crippen LogP contribution in [0.4, 0.5) is 0 Å². The molecule has 0 spiro atoms. The van der Waals surface area contributed by atoms with E-state index in [9.17, 15) is 0 Å². The van der Waals surface area contributed by atoms with Gasteiger partial charge in [0.25, 0.3) is 0 Å². The zero-order chi connectivity index (χ0) is 14.5. The molecule has 0 saturated carbocycles. The van der Waals surface area contributed by atoms with Gasteiger partial charge >= 0.3 is 0 Å². The molecule has 0 radical (unpaired) electrons. The van der Waals surface area contributed by atoms with Gasteiger partial charge in [-0.25, -0.2) is 0 Å². The van der Waals surface area contributed by atoms with Crippen LogP contribution in [0.3, 0.4) is 0 Å². The zero-order valence-corrected chi connectivity index (χ0v) is 12.9. The van der Waals surface area contributed by atoms with E-state index >= 15 is 0 Å². The Morgan fingerprint density at radius 1 is 1.05 bits per heavy atom. The molecule has 20 heavy (non-hydrogen) atoms. The number of aryl methyl sites for hydroxylation is 2. The Bertz CT molecular complexity index is 596. The molecule has 0 unspecified atom stereocenters. The summed E-state index contributed by atoms with van der Waals surface area (Å²) in [6.07, 6.45) is 0. The molecular weight excluding hydrogens is 270 g/mol. The van der Waals surface area contributed by atoms with Crippen molar-refractivity contribution in [2.24, 2.45) is 0 Å². The highest BCUT2D eigenvalue weighted by Crippen LogP contribution is 2.25. The summed E-state index contributed by atoms with van der Waals surface area (Å²) >= 11 is 6.22. The Labute approximate surface area is 125 Å². The quantitative estimate of drug-likeness (QED) is 0.888. The predicted octanol–water partition coefficient (Wildman–Crippen LogP) is 4.26. The van der Waals surface area contributed by atoms with Gasteiger partial charge < -0.3 is 10.1 Å². The van der Waals surface area contributed by atoms with Crippen molar-refractivity contribution in [1.29, 1.82) is 0 Å². The lowest BCUT2D eigenvalue weighted by atomic mass is 10.1. The third kappa shape index (κ3) is 3.53. The van der Waals surface area contributed by atoms with Crippen molar-refractivity contribution in [3.8, 4) is 5.75 Å². The molecule has 1 N–H and O–H groups in total. The van der Waals surface area contributed by atoms with Gasteiger partial charge in [-0.1, -0.05) is 35.9 Å². The number of nitrogens with one attached hydrogen (secondary N) is 1. The number of methoxy groups -OCH3 is 1. The molecule has 106 valence electrons. The summed E-state index contributed by atoms with van der Waals surface area (Å²) in [5.41, 5.74) is 4.92. The molecule has 2 nitrogen and oxygen atoms in total. The van der Waals surface area contributed by atoms with Crippen LogP contribution in [0.15, 0.2) is 36.4 Å². The van der Waals surface area contributed by atoms with Crippen molar-refractivity contribution in [2.45, 2.75) is 26.9 Å². The molecular formula is C17H20ClNO. The lowest BCUT2D eigenvalue weighted by molar-refractivity contribution is 0.407. The Kier molecular flexibility index (Phi) is 5.05. The van der Waals surface area contributed by atoms with Crippen molar-refractivity contribution >= 4 is 11.6 Å². The first kappa shape index (κ1) is 14.9. The summed E-state index contributed by atoms with van der Waals surface area (Å²) in [5.74, 6) is 0.824. The van der Waals surface area contributed by atoms with Crippen molar-refractivity contribution in [3.05, 3.63) is 63.7 Å². The van der Waals surface area contributed by atoms with Gasteiger partial charge in [0.1, 0.15) is 5.75 Å². The van der Waals surface area contributed by atoms with Crippen LogP contribution in [0, 0.1) is 13.8 Å². The Morgan fingerprint density at radius 2 is 1.85 bits per heavy atom. The Hall–Kier alpha value is -1.51. The van der Waals surface area contributed by atoms with E-state index in [1.807, 2.05) is 18.2 Å². The van der Waals surface area contributed by atoms with Gasteiger partial charge in [-0.05, 0) is 42.7 Å². The summed E-state index contributed by atoms with van der Waals surface area (Å²) in [4.78, 5) is 0. The zero-order valence-electron chi connectivity index (χ0n) is 12.2. The van der Waals surface area contributed by atoms with E-state index in [1.165, 1.54) is 16.7 Å². The molecule has 2 aromatic carbocycles. The fourth-order valence-corrected chi connectivity index (χ4v) is 2.38. The second-order valence-electron chi connectivity index (χ2n) is 4.94. The topological polar surface area (TPSA) is 21.3 Å². The van der Waals surface area contributed by atoms with E-state index in [2.05, 4.69) is 37.4 Å². The van der Waals surface area contributed by atoms with E-state index in [-0.39, 0.29) is 0 Å². The van der Waals surface area contributed by atoms with Gasteiger partial charge in [-0.15, -0.1) is 0 Å². The number of rotatable bonds is 5. The van der Waals surface area contributed by atoms with Crippen LogP contribution in [-0.4, -0.2) is 7.11 Å². The second-order valence-corrected chi connectivity index (χ2v) is 5.35. The maximum atomic E-state index is 6.22. The van der Waals surface area contributed by atoms with Gasteiger partial charge in [-0.3, -0.25) is 0 Å². The number of hydrogen-bond donors (Lipinski definition) is 1. The van der Waals surface area contributed by atoms with Crippen molar-refractivity contribution < 1.29 is 4.74 Å². The third-order valence-electron chi connectivity index (χ3n) is 3.50. The molecule has 0 atom stereocenters. The van der Waals surface area contributed by atoms with Crippen molar-refractivity contribution in [3.63, 3.8) is 0 Å². The van der Waals surface area contributed by atoms with E-state index < -0.39 is 0 Å². The minimum Gasteiger partial charge on any atom is -0.496 e. The summed E-state index contributed by atoms with van der Waals surface area (Å²) in [6.45, 7) is 5.77. The number of benzene rings is 2. The monoisotopic (exact) mass is 289 g/mol. The molecule has 0 heterocycles. The van der Waals surface area contributed by atoms with Gasteiger partial charge in [-0.2, -0.15) is 0 Å². The van der Waals surface area contributed by atoms with Gasteiger partial charge in [0.2, 0.25) is 0 Å². The minimum atomic E-state index is 0.690. The standard InChI is InChI=1S/C17H20ClNO/c1-12-7-8-14(9-13(12)2)10-19-11-15-16(18)5-4-6-17(15)20-3/h4-9,19H,10-11H2,1-3H3. The van der Waals surface area contributed by atoms with Crippen LogP contribution in [0.5, 0.6) is 5.75 Å². The SMILES string of the molecule is COc1cccc(Cl)c1CNCc1ccc(C)c(C)c1. The molecule has 0 aromatic heterocycles. The Morgan fingerprint density at radius 3 is 2.55 bits per heavy atom.